The zero-order valence-electron chi connectivity index (χ0n) is 17.7. The van der Waals surface area contributed by atoms with Crippen molar-refractivity contribution in [3.05, 3.63) is 68.7 Å². The summed E-state index contributed by atoms with van der Waals surface area (Å²) in [6, 6.07) is 12.1. The lowest BCUT2D eigenvalue weighted by atomic mass is 10.1. The van der Waals surface area contributed by atoms with Gasteiger partial charge in [-0.3, -0.25) is 9.59 Å². The molecule has 8 heteroatoms. The Labute approximate surface area is 203 Å². The molecule has 168 valence electrons. The van der Waals surface area contributed by atoms with E-state index in [-0.39, 0.29) is 24.1 Å². The largest absolute Gasteiger partial charge is 0.354 e. The van der Waals surface area contributed by atoms with E-state index in [0.29, 0.717) is 27.4 Å². The minimum Gasteiger partial charge on any atom is -0.354 e. The van der Waals surface area contributed by atoms with E-state index in [1.54, 1.807) is 36.1 Å². The normalized spacial score (nSPS) is 11.8. The van der Waals surface area contributed by atoms with E-state index in [0.717, 1.165) is 24.0 Å². The van der Waals surface area contributed by atoms with Crippen LogP contribution in [0.3, 0.4) is 0 Å². The highest BCUT2D eigenvalue weighted by Crippen LogP contribution is 2.28. The average Bonchev–Trinajstić information content (AvgIpc) is 2.74. The van der Waals surface area contributed by atoms with Crippen molar-refractivity contribution in [3.63, 3.8) is 0 Å². The van der Waals surface area contributed by atoms with Gasteiger partial charge in [-0.15, -0.1) is 11.8 Å². The molecule has 1 atom stereocenters. The van der Waals surface area contributed by atoms with Crippen LogP contribution in [-0.4, -0.2) is 35.1 Å². The van der Waals surface area contributed by atoms with Gasteiger partial charge in [0.15, 0.2) is 0 Å². The summed E-state index contributed by atoms with van der Waals surface area (Å²) < 4.78 is 0. The maximum absolute atomic E-state index is 13.1. The number of nitrogens with one attached hydrogen (secondary N) is 1. The lowest BCUT2D eigenvalue weighted by molar-refractivity contribution is -0.138. The summed E-state index contributed by atoms with van der Waals surface area (Å²) in [5.74, 6) is 0.374. The molecule has 0 aromatic heterocycles. The second-order valence-corrected chi connectivity index (χ2v) is 9.33. The van der Waals surface area contributed by atoms with Gasteiger partial charge in [0.05, 0.1) is 5.75 Å². The van der Waals surface area contributed by atoms with Crippen molar-refractivity contribution in [3.8, 4) is 0 Å². The van der Waals surface area contributed by atoms with Gasteiger partial charge in [-0.05, 0) is 42.7 Å². The first-order valence-corrected chi connectivity index (χ1v) is 12.4. The second kappa shape index (κ2) is 13.2. The second-order valence-electron chi connectivity index (χ2n) is 7.13. The summed E-state index contributed by atoms with van der Waals surface area (Å²) in [7, 11) is 0. The van der Waals surface area contributed by atoms with E-state index in [4.69, 9.17) is 34.8 Å². The van der Waals surface area contributed by atoms with Gasteiger partial charge < -0.3 is 10.2 Å². The van der Waals surface area contributed by atoms with Gasteiger partial charge in [-0.1, -0.05) is 72.4 Å². The van der Waals surface area contributed by atoms with Gasteiger partial charge in [-0.25, -0.2) is 0 Å². The number of amides is 2. The Morgan fingerprint density at radius 1 is 1.03 bits per heavy atom. The van der Waals surface area contributed by atoms with Crippen LogP contribution in [0, 0.1) is 0 Å². The highest BCUT2D eigenvalue weighted by atomic mass is 35.5. The van der Waals surface area contributed by atoms with E-state index < -0.39 is 6.04 Å². The fourth-order valence-electron chi connectivity index (χ4n) is 2.92. The van der Waals surface area contributed by atoms with Gasteiger partial charge in [0.1, 0.15) is 6.04 Å². The predicted molar refractivity (Wildman–Crippen MR) is 132 cm³/mol. The third kappa shape index (κ3) is 7.90. The topological polar surface area (TPSA) is 49.4 Å². The lowest BCUT2D eigenvalue weighted by Crippen LogP contribution is -2.48. The molecular weight excluding hydrogens is 475 g/mol. The molecule has 0 saturated carbocycles. The molecular formula is C23H27Cl3N2O2S. The van der Waals surface area contributed by atoms with Crippen molar-refractivity contribution < 1.29 is 9.59 Å². The van der Waals surface area contributed by atoms with Gasteiger partial charge in [0, 0.05) is 33.9 Å². The van der Waals surface area contributed by atoms with Crippen LogP contribution in [0.4, 0.5) is 0 Å². The van der Waals surface area contributed by atoms with E-state index in [1.165, 1.54) is 11.8 Å². The summed E-state index contributed by atoms with van der Waals surface area (Å²) in [6.07, 6.45) is 1.88. The van der Waals surface area contributed by atoms with Crippen LogP contribution in [0.15, 0.2) is 42.5 Å². The molecule has 0 radical (unpaired) electrons. The Hall–Kier alpha value is -1.40. The SMILES string of the molecule is CCCCNC(=O)[C@H](C)N(Cc1ccccc1Cl)C(=O)CSCc1c(Cl)cccc1Cl. The molecule has 31 heavy (non-hydrogen) atoms. The molecule has 2 aromatic carbocycles. The monoisotopic (exact) mass is 500 g/mol. The van der Waals surface area contributed by atoms with Crippen LogP contribution in [0.1, 0.15) is 37.8 Å². The smallest absolute Gasteiger partial charge is 0.242 e. The van der Waals surface area contributed by atoms with Crippen LogP contribution in [0.2, 0.25) is 15.1 Å². The molecule has 0 heterocycles. The van der Waals surface area contributed by atoms with Crippen LogP contribution in [0.5, 0.6) is 0 Å². The maximum Gasteiger partial charge on any atom is 0.242 e. The Balaban J connectivity index is 2.09. The van der Waals surface area contributed by atoms with E-state index in [2.05, 4.69) is 12.2 Å². The molecule has 0 unspecified atom stereocenters. The third-order valence-corrected chi connectivity index (χ3v) is 6.85. The fraction of sp³-hybridized carbons (Fsp3) is 0.391. The first-order chi connectivity index (χ1) is 14.8. The molecule has 1 N–H and O–H groups in total. The van der Waals surface area contributed by atoms with Crippen LogP contribution in [-0.2, 0) is 21.9 Å². The van der Waals surface area contributed by atoms with Crippen molar-refractivity contribution >= 4 is 58.4 Å². The molecule has 0 saturated heterocycles. The van der Waals surface area contributed by atoms with Crippen LogP contribution >= 0.6 is 46.6 Å². The van der Waals surface area contributed by atoms with E-state index in [9.17, 15) is 9.59 Å². The number of hydrogen-bond acceptors (Lipinski definition) is 3. The van der Waals surface area contributed by atoms with Gasteiger partial charge in [0.2, 0.25) is 11.8 Å². The Kier molecular flexibility index (Phi) is 11.0. The number of benzene rings is 2. The van der Waals surface area contributed by atoms with Gasteiger partial charge >= 0.3 is 0 Å². The third-order valence-electron chi connectivity index (χ3n) is 4.83. The average molecular weight is 502 g/mol. The molecule has 0 fully saturated rings. The predicted octanol–water partition coefficient (Wildman–Crippen LogP) is 6.21. The number of nitrogens with zero attached hydrogens (tertiary/aromatic N) is 1. The standard InChI is InChI=1S/C23H27Cl3N2O2S/c1-3-4-12-27-23(30)16(2)28(13-17-8-5-6-9-19(17)24)22(29)15-31-14-18-20(25)10-7-11-21(18)26/h5-11,16H,3-4,12-15H2,1-2H3,(H,27,30)/t16-/m0/s1. The van der Waals surface area contributed by atoms with Crippen molar-refractivity contribution in [1.29, 1.82) is 0 Å². The summed E-state index contributed by atoms with van der Waals surface area (Å²) in [5, 5.41) is 4.62. The van der Waals surface area contributed by atoms with Crippen molar-refractivity contribution in [2.45, 2.75) is 45.0 Å². The summed E-state index contributed by atoms with van der Waals surface area (Å²) in [4.78, 5) is 27.3. The minimum atomic E-state index is -0.620. The molecule has 2 rings (SSSR count). The van der Waals surface area contributed by atoms with Crippen LogP contribution < -0.4 is 5.32 Å². The summed E-state index contributed by atoms with van der Waals surface area (Å²) >= 11 is 20.2. The number of thioether (sulfide) groups is 1. The van der Waals surface area contributed by atoms with Crippen molar-refractivity contribution in [2.24, 2.45) is 0 Å². The number of unbranched alkanes of at least 4 members (excludes halogenated alkanes) is 1. The first kappa shape index (κ1) is 25.9. The number of carbonyl (C=O) groups excluding carboxylic acids is 2. The highest BCUT2D eigenvalue weighted by molar-refractivity contribution is 7.99. The minimum absolute atomic E-state index is 0.147. The van der Waals surface area contributed by atoms with E-state index >= 15 is 0 Å². The molecule has 0 bridgehead atoms. The first-order valence-electron chi connectivity index (χ1n) is 10.2. The summed E-state index contributed by atoms with van der Waals surface area (Å²) in [6.45, 7) is 4.65. The van der Waals surface area contributed by atoms with Crippen LogP contribution in [0.25, 0.3) is 0 Å². The molecule has 2 amide bonds. The molecule has 2 aromatic rings. The molecule has 0 aliphatic heterocycles. The molecule has 0 spiro atoms. The van der Waals surface area contributed by atoms with Crippen molar-refractivity contribution in [1.82, 2.24) is 10.2 Å². The van der Waals surface area contributed by atoms with E-state index in [1.807, 2.05) is 18.2 Å². The number of rotatable bonds is 11. The Morgan fingerprint density at radius 2 is 1.68 bits per heavy atom. The maximum atomic E-state index is 13.1. The summed E-state index contributed by atoms with van der Waals surface area (Å²) in [5.41, 5.74) is 1.59. The Bertz CT molecular complexity index is 875. The molecule has 0 aliphatic carbocycles. The quantitative estimate of drug-likeness (QED) is 0.372. The number of halogens is 3. The zero-order valence-corrected chi connectivity index (χ0v) is 20.8. The number of hydrogen-bond donors (Lipinski definition) is 1. The fourth-order valence-corrected chi connectivity index (χ4v) is 4.77. The van der Waals surface area contributed by atoms with Gasteiger partial charge in [-0.2, -0.15) is 0 Å². The zero-order chi connectivity index (χ0) is 22.8. The lowest BCUT2D eigenvalue weighted by Gasteiger charge is -2.29. The number of carbonyl (C=O) groups is 2. The van der Waals surface area contributed by atoms with Crippen molar-refractivity contribution in [2.75, 3.05) is 12.3 Å². The highest BCUT2D eigenvalue weighted by Gasteiger charge is 2.26. The Morgan fingerprint density at radius 3 is 2.32 bits per heavy atom. The van der Waals surface area contributed by atoms with Gasteiger partial charge in [0.25, 0.3) is 0 Å². The molecule has 4 nitrogen and oxygen atoms in total. The molecule has 0 aliphatic rings.